The molecule has 4 heteroatoms. The first-order valence-corrected chi connectivity index (χ1v) is 5.21. The third-order valence-corrected chi connectivity index (χ3v) is 2.34. The maximum absolute atomic E-state index is 12.7. The predicted octanol–water partition coefficient (Wildman–Crippen LogP) is 2.42. The van der Waals surface area contributed by atoms with Crippen LogP contribution in [0.15, 0.2) is 18.2 Å². The largest absolute Gasteiger partial charge is 0.390 e. The molecule has 0 saturated heterocycles. The van der Waals surface area contributed by atoms with Crippen molar-refractivity contribution in [2.75, 3.05) is 13.2 Å². The Balaban J connectivity index is 2.56. The van der Waals surface area contributed by atoms with E-state index < -0.39 is 6.10 Å². The van der Waals surface area contributed by atoms with Gasteiger partial charge in [-0.1, -0.05) is 17.7 Å². The topological polar surface area (TPSA) is 29.5 Å². The van der Waals surface area contributed by atoms with Crippen LogP contribution in [-0.2, 0) is 11.2 Å². The second-order valence-corrected chi connectivity index (χ2v) is 3.66. The lowest BCUT2D eigenvalue weighted by Gasteiger charge is -2.11. The summed E-state index contributed by atoms with van der Waals surface area (Å²) in [6.07, 6.45) is -0.230. The molecule has 84 valence electrons. The van der Waals surface area contributed by atoms with Gasteiger partial charge in [0.05, 0.1) is 12.7 Å². The van der Waals surface area contributed by atoms with Gasteiger partial charge in [0.15, 0.2) is 0 Å². The highest BCUT2D eigenvalue weighted by atomic mass is 35.5. The standard InChI is InChI=1S/C11H14ClFO2/c1-2-15-7-10(14)5-8-3-4-9(13)6-11(8)12/h3-4,6,10,14H,2,5,7H2,1H3. The number of rotatable bonds is 5. The van der Waals surface area contributed by atoms with Gasteiger partial charge in [-0.05, 0) is 24.6 Å². The summed E-state index contributed by atoms with van der Waals surface area (Å²) in [7, 11) is 0. The predicted molar refractivity (Wildman–Crippen MR) is 57.6 cm³/mol. The molecule has 1 unspecified atom stereocenters. The Hall–Kier alpha value is -0.640. The molecule has 1 N–H and O–H groups in total. The lowest BCUT2D eigenvalue weighted by molar-refractivity contribution is 0.0430. The molecule has 0 amide bonds. The van der Waals surface area contributed by atoms with Crippen LogP contribution < -0.4 is 0 Å². The van der Waals surface area contributed by atoms with Crippen molar-refractivity contribution >= 4 is 11.6 Å². The molecular formula is C11H14ClFO2. The number of aliphatic hydroxyl groups is 1. The van der Waals surface area contributed by atoms with Gasteiger partial charge in [0.25, 0.3) is 0 Å². The van der Waals surface area contributed by atoms with Crippen LogP contribution in [0.2, 0.25) is 5.02 Å². The van der Waals surface area contributed by atoms with Gasteiger partial charge in [-0.2, -0.15) is 0 Å². The summed E-state index contributed by atoms with van der Waals surface area (Å²) in [6, 6.07) is 4.14. The van der Waals surface area contributed by atoms with E-state index in [0.717, 1.165) is 5.56 Å². The van der Waals surface area contributed by atoms with E-state index in [1.165, 1.54) is 12.1 Å². The molecule has 0 aliphatic rings. The van der Waals surface area contributed by atoms with Gasteiger partial charge in [0, 0.05) is 18.1 Å². The van der Waals surface area contributed by atoms with Gasteiger partial charge in [0.2, 0.25) is 0 Å². The van der Waals surface area contributed by atoms with Gasteiger partial charge in [-0.25, -0.2) is 4.39 Å². The molecule has 0 fully saturated rings. The Kier molecular flexibility index (Phi) is 5.02. The van der Waals surface area contributed by atoms with Gasteiger partial charge in [0.1, 0.15) is 5.82 Å². The fourth-order valence-corrected chi connectivity index (χ4v) is 1.50. The zero-order valence-corrected chi connectivity index (χ0v) is 9.30. The summed E-state index contributed by atoms with van der Waals surface area (Å²) in [5.41, 5.74) is 0.727. The summed E-state index contributed by atoms with van der Waals surface area (Å²) in [4.78, 5) is 0. The Morgan fingerprint density at radius 2 is 2.27 bits per heavy atom. The van der Waals surface area contributed by atoms with Crippen LogP contribution in [0.1, 0.15) is 12.5 Å². The van der Waals surface area contributed by atoms with Crippen LogP contribution in [0.3, 0.4) is 0 Å². The van der Waals surface area contributed by atoms with Gasteiger partial charge in [-0.15, -0.1) is 0 Å². The summed E-state index contributed by atoms with van der Waals surface area (Å²) < 4.78 is 17.8. The van der Waals surface area contributed by atoms with Gasteiger partial charge < -0.3 is 9.84 Å². The van der Waals surface area contributed by atoms with Crippen LogP contribution in [0.5, 0.6) is 0 Å². The first-order chi connectivity index (χ1) is 7.13. The molecule has 1 aromatic carbocycles. The Labute approximate surface area is 93.6 Å². The summed E-state index contributed by atoms with van der Waals surface area (Å²) in [5, 5.41) is 9.89. The first-order valence-electron chi connectivity index (χ1n) is 4.83. The highest BCUT2D eigenvalue weighted by Crippen LogP contribution is 2.18. The van der Waals surface area contributed by atoms with Crippen LogP contribution >= 0.6 is 11.6 Å². The molecule has 1 aromatic rings. The number of ether oxygens (including phenoxy) is 1. The minimum Gasteiger partial charge on any atom is -0.390 e. The fraction of sp³-hybridized carbons (Fsp3) is 0.455. The van der Waals surface area contributed by atoms with Crippen molar-refractivity contribution in [3.05, 3.63) is 34.6 Å². The molecule has 0 heterocycles. The van der Waals surface area contributed by atoms with Crippen molar-refractivity contribution in [3.8, 4) is 0 Å². The van der Waals surface area contributed by atoms with Crippen molar-refractivity contribution in [3.63, 3.8) is 0 Å². The normalized spacial score (nSPS) is 12.8. The van der Waals surface area contributed by atoms with Crippen molar-refractivity contribution in [2.45, 2.75) is 19.4 Å². The minimum atomic E-state index is -0.604. The van der Waals surface area contributed by atoms with Crippen molar-refractivity contribution in [2.24, 2.45) is 0 Å². The zero-order chi connectivity index (χ0) is 11.3. The first kappa shape index (κ1) is 12.4. The van der Waals surface area contributed by atoms with E-state index in [4.69, 9.17) is 16.3 Å². The minimum absolute atomic E-state index is 0.268. The molecule has 15 heavy (non-hydrogen) atoms. The summed E-state index contributed by atoms with van der Waals surface area (Å²) in [6.45, 7) is 2.69. The third-order valence-electron chi connectivity index (χ3n) is 1.99. The maximum atomic E-state index is 12.7. The average Bonchev–Trinajstić information content (AvgIpc) is 2.19. The summed E-state index contributed by atoms with van der Waals surface area (Å²) >= 11 is 5.82. The molecule has 0 aromatic heterocycles. The van der Waals surface area contributed by atoms with Crippen LogP contribution in [0, 0.1) is 5.82 Å². The number of hydrogen-bond acceptors (Lipinski definition) is 2. The van der Waals surface area contributed by atoms with Crippen molar-refractivity contribution < 1.29 is 14.2 Å². The molecular weight excluding hydrogens is 219 g/mol. The molecule has 0 spiro atoms. The fourth-order valence-electron chi connectivity index (χ4n) is 1.25. The third kappa shape index (κ3) is 4.16. The molecule has 0 bridgehead atoms. The highest BCUT2D eigenvalue weighted by Gasteiger charge is 2.09. The van der Waals surface area contributed by atoms with Gasteiger partial charge in [-0.3, -0.25) is 0 Å². The van der Waals surface area contributed by atoms with E-state index in [-0.39, 0.29) is 12.4 Å². The number of hydrogen-bond donors (Lipinski definition) is 1. The van der Waals surface area contributed by atoms with Gasteiger partial charge >= 0.3 is 0 Å². The van der Waals surface area contributed by atoms with Crippen LogP contribution in [0.25, 0.3) is 0 Å². The molecule has 0 radical (unpaired) electrons. The lowest BCUT2D eigenvalue weighted by atomic mass is 10.1. The van der Waals surface area contributed by atoms with E-state index >= 15 is 0 Å². The molecule has 0 aliphatic carbocycles. The van der Waals surface area contributed by atoms with Crippen molar-refractivity contribution in [1.29, 1.82) is 0 Å². The molecule has 0 aliphatic heterocycles. The second kappa shape index (κ2) is 6.05. The van der Waals surface area contributed by atoms with E-state index in [0.29, 0.717) is 18.1 Å². The quantitative estimate of drug-likeness (QED) is 0.845. The Morgan fingerprint density at radius 3 is 2.87 bits per heavy atom. The smallest absolute Gasteiger partial charge is 0.124 e. The number of benzene rings is 1. The van der Waals surface area contributed by atoms with E-state index in [1.807, 2.05) is 6.92 Å². The maximum Gasteiger partial charge on any atom is 0.124 e. The van der Waals surface area contributed by atoms with E-state index in [1.54, 1.807) is 6.07 Å². The molecule has 0 saturated carbocycles. The molecule has 1 atom stereocenters. The monoisotopic (exact) mass is 232 g/mol. The van der Waals surface area contributed by atoms with Crippen molar-refractivity contribution in [1.82, 2.24) is 0 Å². The van der Waals surface area contributed by atoms with E-state index in [2.05, 4.69) is 0 Å². The Morgan fingerprint density at radius 1 is 1.53 bits per heavy atom. The van der Waals surface area contributed by atoms with Crippen LogP contribution in [-0.4, -0.2) is 24.4 Å². The average molecular weight is 233 g/mol. The number of aliphatic hydroxyl groups excluding tert-OH is 1. The second-order valence-electron chi connectivity index (χ2n) is 3.25. The van der Waals surface area contributed by atoms with E-state index in [9.17, 15) is 9.50 Å². The Bertz CT molecular complexity index is 317. The number of halogens is 2. The SMILES string of the molecule is CCOCC(O)Cc1ccc(F)cc1Cl. The lowest BCUT2D eigenvalue weighted by Crippen LogP contribution is -2.18. The summed E-state index contributed by atoms with van der Waals surface area (Å²) in [5.74, 6) is -0.372. The van der Waals surface area contributed by atoms with Crippen LogP contribution in [0.4, 0.5) is 4.39 Å². The zero-order valence-electron chi connectivity index (χ0n) is 8.54. The highest BCUT2D eigenvalue weighted by molar-refractivity contribution is 6.31. The molecule has 2 nitrogen and oxygen atoms in total. The molecule has 1 rings (SSSR count).